The highest BCUT2D eigenvalue weighted by Gasteiger charge is 2.46. The number of rotatable bonds is 5. The smallest absolute Gasteiger partial charge is 0.236 e. The molecule has 2 aliphatic heterocycles. The van der Waals surface area contributed by atoms with E-state index in [4.69, 9.17) is 4.74 Å². The van der Waals surface area contributed by atoms with Crippen molar-refractivity contribution in [2.24, 2.45) is 0 Å². The highest BCUT2D eigenvalue weighted by atomic mass is 32.2. The Bertz CT molecular complexity index is 896. The van der Waals surface area contributed by atoms with Crippen LogP contribution in [-0.2, 0) is 10.0 Å². The topological polar surface area (TPSA) is 59.5 Å². The average molecular weight is 385 g/mol. The molecule has 6 heteroatoms. The van der Waals surface area contributed by atoms with Gasteiger partial charge in [0.15, 0.2) is 0 Å². The zero-order valence-corrected chi connectivity index (χ0v) is 16.2. The van der Waals surface area contributed by atoms with E-state index in [0.29, 0.717) is 0 Å². The summed E-state index contributed by atoms with van der Waals surface area (Å²) < 4.78 is 33.6. The maximum Gasteiger partial charge on any atom is 0.236 e. The minimum atomic E-state index is -3.44. The number of hydrogen-bond donors (Lipinski definition) is 0. The third kappa shape index (κ3) is 4.06. The highest BCUT2D eigenvalue weighted by Crippen LogP contribution is 2.39. The van der Waals surface area contributed by atoms with Gasteiger partial charge in [-0.25, -0.2) is 8.42 Å². The summed E-state index contributed by atoms with van der Waals surface area (Å²) in [6.45, 7) is 2.01. The monoisotopic (exact) mass is 384 g/mol. The molecule has 0 N–H and O–H groups in total. The van der Waals surface area contributed by atoms with Gasteiger partial charge in [0.25, 0.3) is 0 Å². The first-order valence-electron chi connectivity index (χ1n) is 9.36. The molecule has 1 aromatic carbocycles. The Morgan fingerprint density at radius 2 is 1.81 bits per heavy atom. The highest BCUT2D eigenvalue weighted by molar-refractivity contribution is 7.92. The maximum absolute atomic E-state index is 12.9. The Hall–Kier alpha value is -2.18. The molecule has 0 spiro atoms. The summed E-state index contributed by atoms with van der Waals surface area (Å²) in [6.07, 6.45) is 8.39. The largest absolute Gasteiger partial charge is 0.489 e. The molecule has 2 atom stereocenters. The van der Waals surface area contributed by atoms with Gasteiger partial charge in [-0.15, -0.1) is 0 Å². The van der Waals surface area contributed by atoms with Crippen molar-refractivity contribution in [2.45, 2.75) is 50.8 Å². The first kappa shape index (κ1) is 18.2. The van der Waals surface area contributed by atoms with Gasteiger partial charge in [-0.3, -0.25) is 4.98 Å². The van der Waals surface area contributed by atoms with Crippen molar-refractivity contribution < 1.29 is 13.2 Å². The van der Waals surface area contributed by atoms with Crippen LogP contribution in [0.5, 0.6) is 5.75 Å². The second-order valence-corrected chi connectivity index (χ2v) is 9.10. The van der Waals surface area contributed by atoms with Gasteiger partial charge in [0.2, 0.25) is 10.0 Å². The predicted molar refractivity (Wildman–Crippen MR) is 106 cm³/mol. The second kappa shape index (κ2) is 7.44. The summed E-state index contributed by atoms with van der Waals surface area (Å²) in [5.74, 6) is 0.748. The van der Waals surface area contributed by atoms with Gasteiger partial charge in [0, 0.05) is 36.5 Å². The number of sulfonamides is 1. The van der Waals surface area contributed by atoms with Crippen LogP contribution < -0.4 is 4.74 Å². The van der Waals surface area contributed by atoms with E-state index in [1.54, 1.807) is 22.8 Å². The van der Waals surface area contributed by atoms with Crippen molar-refractivity contribution in [3.8, 4) is 5.75 Å². The number of fused-ring (bicyclic) bond motifs is 2. The Labute approximate surface area is 160 Å². The van der Waals surface area contributed by atoms with Gasteiger partial charge < -0.3 is 4.74 Å². The van der Waals surface area contributed by atoms with Gasteiger partial charge in [-0.05, 0) is 43.5 Å². The second-order valence-electron chi connectivity index (χ2n) is 7.37. The molecular weight excluding hydrogens is 360 g/mol. The van der Waals surface area contributed by atoms with Crippen LogP contribution in [0.3, 0.4) is 0 Å². The average Bonchev–Trinajstić information content (AvgIpc) is 2.95. The molecule has 0 aliphatic carbocycles. The maximum atomic E-state index is 12.9. The molecule has 4 rings (SSSR count). The quantitative estimate of drug-likeness (QED) is 0.787. The Kier molecular flexibility index (Phi) is 5.02. The van der Waals surface area contributed by atoms with E-state index in [0.717, 1.165) is 42.6 Å². The minimum Gasteiger partial charge on any atom is -0.489 e. The van der Waals surface area contributed by atoms with E-state index in [1.807, 2.05) is 43.3 Å². The lowest BCUT2D eigenvalue weighted by atomic mass is 10.0. The molecule has 2 unspecified atom stereocenters. The van der Waals surface area contributed by atoms with Crippen molar-refractivity contribution in [3.63, 3.8) is 0 Å². The van der Waals surface area contributed by atoms with Gasteiger partial charge >= 0.3 is 0 Å². The molecule has 3 heterocycles. The van der Waals surface area contributed by atoms with Crippen LogP contribution in [-0.4, -0.2) is 35.9 Å². The van der Waals surface area contributed by atoms with Gasteiger partial charge in [0.1, 0.15) is 11.9 Å². The first-order chi connectivity index (χ1) is 13.0. The third-order valence-electron chi connectivity index (χ3n) is 5.36. The summed E-state index contributed by atoms with van der Waals surface area (Å²) in [6, 6.07) is 11.6. The molecule has 142 valence electrons. The number of ether oxygens (including phenoxy) is 1. The van der Waals surface area contributed by atoms with E-state index in [1.165, 1.54) is 5.41 Å². The fourth-order valence-corrected chi connectivity index (χ4v) is 5.80. The fourth-order valence-electron chi connectivity index (χ4n) is 4.12. The van der Waals surface area contributed by atoms with Gasteiger partial charge in [-0.2, -0.15) is 4.31 Å². The molecule has 2 saturated heterocycles. The van der Waals surface area contributed by atoms with Crippen molar-refractivity contribution in [1.82, 2.24) is 9.29 Å². The normalized spacial score (nSPS) is 25.7. The zero-order chi connectivity index (χ0) is 18.9. The molecule has 27 heavy (non-hydrogen) atoms. The van der Waals surface area contributed by atoms with E-state index in [9.17, 15) is 8.42 Å². The van der Waals surface area contributed by atoms with Crippen molar-refractivity contribution in [3.05, 3.63) is 65.3 Å². The van der Waals surface area contributed by atoms with Crippen molar-refractivity contribution >= 4 is 16.1 Å². The summed E-state index contributed by atoms with van der Waals surface area (Å²) in [5, 5.41) is 1.35. The molecule has 0 amide bonds. The fraction of sp³-hybridized carbons (Fsp3) is 0.381. The van der Waals surface area contributed by atoms with E-state index < -0.39 is 10.0 Å². The molecule has 0 radical (unpaired) electrons. The summed E-state index contributed by atoms with van der Waals surface area (Å²) in [4.78, 5) is 4.08. The molecule has 2 aromatic rings. The zero-order valence-electron chi connectivity index (χ0n) is 15.4. The van der Waals surface area contributed by atoms with Crippen LogP contribution in [0.1, 0.15) is 36.8 Å². The molecular formula is C21H24N2O3S. The Morgan fingerprint density at radius 1 is 1.11 bits per heavy atom. The summed E-state index contributed by atoms with van der Waals surface area (Å²) >= 11 is 0. The van der Waals surface area contributed by atoms with E-state index in [2.05, 4.69) is 4.98 Å². The number of hydrogen-bond acceptors (Lipinski definition) is 4. The Balaban J connectivity index is 1.46. The standard InChI is InChI=1S/C21H24N2O3S/c1-16-4-6-17(7-5-16)10-12-27(24,25)23-18-8-9-19(23)14-21(13-18)26-20-3-2-11-22-15-20/h2-7,10-12,15,18-19,21H,8-9,13-14H2,1H3/b12-10+. The van der Waals surface area contributed by atoms with Crippen LogP contribution in [0.2, 0.25) is 0 Å². The van der Waals surface area contributed by atoms with Crippen molar-refractivity contribution in [1.29, 1.82) is 0 Å². The number of pyridine rings is 1. The molecule has 2 aliphatic rings. The minimum absolute atomic E-state index is 0.0121. The lowest BCUT2D eigenvalue weighted by Crippen LogP contribution is -2.48. The molecule has 2 bridgehead atoms. The molecule has 0 saturated carbocycles. The van der Waals surface area contributed by atoms with E-state index >= 15 is 0 Å². The van der Waals surface area contributed by atoms with Crippen LogP contribution in [0.25, 0.3) is 6.08 Å². The van der Waals surface area contributed by atoms with Gasteiger partial charge in [0.05, 0.1) is 6.20 Å². The summed E-state index contributed by atoms with van der Waals surface area (Å²) in [5.41, 5.74) is 2.05. The molecule has 5 nitrogen and oxygen atoms in total. The van der Waals surface area contributed by atoms with Gasteiger partial charge in [-0.1, -0.05) is 29.8 Å². The summed E-state index contributed by atoms with van der Waals surface area (Å²) in [7, 11) is -3.44. The first-order valence-corrected chi connectivity index (χ1v) is 10.9. The number of nitrogens with zero attached hydrogens (tertiary/aromatic N) is 2. The molecule has 1 aromatic heterocycles. The predicted octanol–water partition coefficient (Wildman–Crippen LogP) is 3.76. The van der Waals surface area contributed by atoms with Crippen LogP contribution in [0.15, 0.2) is 54.2 Å². The molecule has 2 fully saturated rings. The van der Waals surface area contributed by atoms with Crippen LogP contribution >= 0.6 is 0 Å². The van der Waals surface area contributed by atoms with Crippen LogP contribution in [0.4, 0.5) is 0 Å². The number of aromatic nitrogens is 1. The third-order valence-corrected chi connectivity index (χ3v) is 7.03. The van der Waals surface area contributed by atoms with Crippen molar-refractivity contribution in [2.75, 3.05) is 0 Å². The number of piperidine rings is 1. The Morgan fingerprint density at radius 3 is 2.44 bits per heavy atom. The van der Waals surface area contributed by atoms with E-state index in [-0.39, 0.29) is 18.2 Å². The van der Waals surface area contributed by atoms with Crippen LogP contribution in [0, 0.1) is 6.92 Å². The number of benzene rings is 1. The lowest BCUT2D eigenvalue weighted by molar-refractivity contribution is 0.0960. The lowest BCUT2D eigenvalue weighted by Gasteiger charge is -2.37. The number of aryl methyl sites for hydroxylation is 1. The SMILES string of the molecule is Cc1ccc(/C=C/S(=O)(=O)N2C3CCC2CC(Oc2cccnc2)C3)cc1.